The highest BCUT2D eigenvalue weighted by Crippen LogP contribution is 2.30. The summed E-state index contributed by atoms with van der Waals surface area (Å²) in [7, 11) is 0. The van der Waals surface area contributed by atoms with Crippen LogP contribution in [0, 0.1) is 19.8 Å². The first kappa shape index (κ1) is 19.0. The van der Waals surface area contributed by atoms with Crippen LogP contribution in [0.5, 0.6) is 0 Å². The zero-order chi connectivity index (χ0) is 20.7. The van der Waals surface area contributed by atoms with E-state index in [9.17, 15) is 4.79 Å². The molecule has 7 nitrogen and oxygen atoms in total. The van der Waals surface area contributed by atoms with E-state index in [2.05, 4.69) is 44.7 Å². The molecule has 30 heavy (non-hydrogen) atoms. The Bertz CT molecular complexity index is 1100. The minimum atomic E-state index is 0.0235. The van der Waals surface area contributed by atoms with Crippen LogP contribution in [0.25, 0.3) is 11.2 Å². The lowest BCUT2D eigenvalue weighted by Gasteiger charge is -2.32. The molecule has 0 radical (unpaired) electrons. The lowest BCUT2D eigenvalue weighted by Crippen LogP contribution is -2.38. The van der Waals surface area contributed by atoms with E-state index in [-0.39, 0.29) is 11.8 Å². The van der Waals surface area contributed by atoms with Crippen molar-refractivity contribution in [2.45, 2.75) is 52.5 Å². The van der Waals surface area contributed by atoms with Crippen molar-refractivity contribution in [2.75, 3.05) is 23.3 Å². The van der Waals surface area contributed by atoms with Gasteiger partial charge in [0.05, 0.1) is 0 Å². The Morgan fingerprint density at radius 1 is 1.07 bits per heavy atom. The van der Waals surface area contributed by atoms with E-state index in [4.69, 9.17) is 4.98 Å². The molecule has 1 N–H and O–H groups in total. The van der Waals surface area contributed by atoms with Crippen LogP contribution >= 0.6 is 0 Å². The van der Waals surface area contributed by atoms with Crippen LogP contribution in [0.4, 0.5) is 11.5 Å². The highest BCUT2D eigenvalue weighted by molar-refractivity contribution is 5.93. The number of nitrogens with zero attached hydrogens (tertiary/aromatic N) is 5. The average molecular weight is 405 g/mol. The number of anilines is 2. The number of fused-ring (bicyclic) bond motifs is 3. The SMILES string of the molecule is Cc1ccc(NC(=O)C2CCN(c3ncnc4c3nc3n4CCCC3)CC2)cc1C. The molecule has 1 aromatic carbocycles. The first-order chi connectivity index (χ1) is 14.6. The highest BCUT2D eigenvalue weighted by atomic mass is 16.1. The molecule has 1 fully saturated rings. The van der Waals surface area contributed by atoms with Gasteiger partial charge in [-0.1, -0.05) is 6.07 Å². The maximum Gasteiger partial charge on any atom is 0.227 e. The normalized spacial score (nSPS) is 17.2. The number of rotatable bonds is 3. The zero-order valence-electron chi connectivity index (χ0n) is 17.7. The van der Waals surface area contributed by atoms with Crippen molar-refractivity contribution in [1.29, 1.82) is 0 Å². The number of hydrogen-bond donors (Lipinski definition) is 1. The van der Waals surface area contributed by atoms with Crippen molar-refractivity contribution < 1.29 is 4.79 Å². The molecule has 4 heterocycles. The molecule has 2 aromatic heterocycles. The number of carbonyl (C=O) groups excluding carboxylic acids is 1. The third-order valence-electron chi connectivity index (χ3n) is 6.56. The fourth-order valence-corrected chi connectivity index (χ4v) is 4.60. The predicted octanol–water partition coefficient (Wildman–Crippen LogP) is 3.63. The fourth-order valence-electron chi connectivity index (χ4n) is 4.60. The summed E-state index contributed by atoms with van der Waals surface area (Å²) in [6.07, 6.45) is 6.66. The van der Waals surface area contributed by atoms with E-state index < -0.39 is 0 Å². The second-order valence-electron chi connectivity index (χ2n) is 8.56. The molecule has 2 aliphatic heterocycles. The van der Waals surface area contributed by atoms with E-state index in [1.807, 2.05) is 12.1 Å². The summed E-state index contributed by atoms with van der Waals surface area (Å²) in [6.45, 7) is 6.75. The number of carbonyl (C=O) groups is 1. The molecule has 0 saturated carbocycles. The fraction of sp³-hybridized carbons (Fsp3) is 0.478. The van der Waals surface area contributed by atoms with Gasteiger partial charge in [-0.2, -0.15) is 0 Å². The third kappa shape index (κ3) is 3.42. The van der Waals surface area contributed by atoms with Gasteiger partial charge in [-0.3, -0.25) is 4.79 Å². The zero-order valence-corrected chi connectivity index (χ0v) is 17.7. The molecular formula is C23H28N6O. The highest BCUT2D eigenvalue weighted by Gasteiger charge is 2.28. The van der Waals surface area contributed by atoms with Crippen LogP contribution in [0.15, 0.2) is 24.5 Å². The Kier molecular flexibility index (Phi) is 4.89. The standard InChI is InChI=1S/C23H28N6O/c1-15-6-7-18(13-16(15)2)26-23(30)17-8-11-28(12-9-17)21-20-22(25-14-24-21)29-10-4-3-5-19(29)27-20/h6-7,13-14,17H,3-5,8-12H2,1-2H3,(H,26,30). The second kappa shape index (κ2) is 7.70. The molecule has 5 rings (SSSR count). The topological polar surface area (TPSA) is 75.9 Å². The molecule has 0 spiro atoms. The molecule has 7 heteroatoms. The van der Waals surface area contributed by atoms with Crippen LogP contribution < -0.4 is 10.2 Å². The van der Waals surface area contributed by atoms with Gasteiger partial charge in [0.2, 0.25) is 5.91 Å². The summed E-state index contributed by atoms with van der Waals surface area (Å²) in [6, 6.07) is 6.08. The van der Waals surface area contributed by atoms with Gasteiger partial charge in [0.25, 0.3) is 0 Å². The van der Waals surface area contributed by atoms with Gasteiger partial charge >= 0.3 is 0 Å². The van der Waals surface area contributed by atoms with E-state index in [1.165, 1.54) is 24.0 Å². The number of nitrogens with one attached hydrogen (secondary N) is 1. The van der Waals surface area contributed by atoms with E-state index in [0.29, 0.717) is 0 Å². The van der Waals surface area contributed by atoms with Gasteiger partial charge in [-0.05, 0) is 62.8 Å². The minimum Gasteiger partial charge on any atom is -0.355 e. The number of amides is 1. The molecule has 2 aliphatic rings. The summed E-state index contributed by atoms with van der Waals surface area (Å²) < 4.78 is 2.24. The summed E-state index contributed by atoms with van der Waals surface area (Å²) >= 11 is 0. The molecule has 1 saturated heterocycles. The molecule has 0 atom stereocenters. The van der Waals surface area contributed by atoms with Gasteiger partial charge < -0.3 is 14.8 Å². The lowest BCUT2D eigenvalue weighted by atomic mass is 9.95. The number of piperidine rings is 1. The molecule has 0 aliphatic carbocycles. The largest absolute Gasteiger partial charge is 0.355 e. The van der Waals surface area contributed by atoms with Crippen molar-refractivity contribution in [1.82, 2.24) is 19.5 Å². The van der Waals surface area contributed by atoms with Gasteiger partial charge in [0.1, 0.15) is 12.2 Å². The molecule has 3 aromatic rings. The van der Waals surface area contributed by atoms with Crippen molar-refractivity contribution in [3.63, 3.8) is 0 Å². The lowest BCUT2D eigenvalue weighted by molar-refractivity contribution is -0.120. The van der Waals surface area contributed by atoms with Crippen LogP contribution in [0.1, 0.15) is 42.6 Å². The first-order valence-corrected chi connectivity index (χ1v) is 10.9. The Hall–Kier alpha value is -2.96. The minimum absolute atomic E-state index is 0.0235. The van der Waals surface area contributed by atoms with E-state index >= 15 is 0 Å². The molecule has 1 amide bonds. The molecule has 156 valence electrons. The first-order valence-electron chi connectivity index (χ1n) is 10.9. The third-order valence-corrected chi connectivity index (χ3v) is 6.56. The van der Waals surface area contributed by atoms with Gasteiger partial charge in [-0.15, -0.1) is 0 Å². The molecule has 0 unspecified atom stereocenters. The predicted molar refractivity (Wildman–Crippen MR) is 118 cm³/mol. The monoisotopic (exact) mass is 404 g/mol. The number of aromatic nitrogens is 4. The quantitative estimate of drug-likeness (QED) is 0.721. The number of hydrogen-bond acceptors (Lipinski definition) is 5. The second-order valence-corrected chi connectivity index (χ2v) is 8.56. The summed E-state index contributed by atoms with van der Waals surface area (Å²) in [5.74, 6) is 2.18. The van der Waals surface area contributed by atoms with Crippen molar-refractivity contribution in [3.05, 3.63) is 41.5 Å². The van der Waals surface area contributed by atoms with E-state index in [0.717, 1.165) is 67.4 Å². The summed E-state index contributed by atoms with van der Waals surface area (Å²) in [5.41, 5.74) is 5.17. The Morgan fingerprint density at radius 2 is 1.90 bits per heavy atom. The Morgan fingerprint density at radius 3 is 2.70 bits per heavy atom. The van der Waals surface area contributed by atoms with Gasteiger partial charge in [0, 0.05) is 37.7 Å². The van der Waals surface area contributed by atoms with Gasteiger partial charge in [-0.25, -0.2) is 15.0 Å². The molecule has 0 bridgehead atoms. The van der Waals surface area contributed by atoms with Crippen LogP contribution in [0.2, 0.25) is 0 Å². The summed E-state index contributed by atoms with van der Waals surface area (Å²) in [5, 5.41) is 3.10. The maximum atomic E-state index is 12.8. The van der Waals surface area contributed by atoms with Crippen molar-refractivity contribution in [2.24, 2.45) is 5.92 Å². The number of imidazole rings is 1. The van der Waals surface area contributed by atoms with Crippen LogP contribution in [-0.2, 0) is 17.8 Å². The van der Waals surface area contributed by atoms with E-state index in [1.54, 1.807) is 6.33 Å². The Balaban J connectivity index is 1.28. The van der Waals surface area contributed by atoms with Crippen LogP contribution in [0.3, 0.4) is 0 Å². The number of aryl methyl sites for hydroxylation is 4. The number of benzene rings is 1. The maximum absolute atomic E-state index is 12.8. The Labute approximate surface area is 176 Å². The van der Waals surface area contributed by atoms with Gasteiger partial charge in [0.15, 0.2) is 17.0 Å². The van der Waals surface area contributed by atoms with Crippen molar-refractivity contribution in [3.8, 4) is 0 Å². The average Bonchev–Trinajstić information content (AvgIpc) is 3.15. The van der Waals surface area contributed by atoms with Crippen molar-refractivity contribution >= 4 is 28.6 Å². The molecular weight excluding hydrogens is 376 g/mol. The summed E-state index contributed by atoms with van der Waals surface area (Å²) in [4.78, 5) is 29.0. The smallest absolute Gasteiger partial charge is 0.227 e. The van der Waals surface area contributed by atoms with Crippen LogP contribution in [-0.4, -0.2) is 38.5 Å².